The Morgan fingerprint density at radius 1 is 0.941 bits per heavy atom. The van der Waals surface area contributed by atoms with Gasteiger partial charge in [0.05, 0.1) is 0 Å². The minimum Gasteiger partial charge on any atom is -0.506 e. The van der Waals surface area contributed by atoms with Gasteiger partial charge in [-0.3, -0.25) is 4.79 Å². The molecule has 0 unspecified atom stereocenters. The topological polar surface area (TPSA) is 50.2 Å². The molecule has 0 atom stereocenters. The monoisotopic (exact) mass is 221 g/mol. The Kier molecular flexibility index (Phi) is 1.35. The molecule has 17 heavy (non-hydrogen) atoms. The largest absolute Gasteiger partial charge is 0.506 e. The summed E-state index contributed by atoms with van der Waals surface area (Å²) in [6.07, 6.45) is 0. The molecular formula is C14H7NO2. The third-order valence-electron chi connectivity index (χ3n) is 3.28. The van der Waals surface area contributed by atoms with E-state index in [1.165, 1.54) is 6.07 Å². The van der Waals surface area contributed by atoms with E-state index in [9.17, 15) is 9.90 Å². The van der Waals surface area contributed by atoms with Crippen LogP contribution in [0.25, 0.3) is 32.9 Å². The minimum absolute atomic E-state index is 0.0967. The summed E-state index contributed by atoms with van der Waals surface area (Å²) in [6, 6.07) is 10.7. The van der Waals surface area contributed by atoms with Gasteiger partial charge in [-0.1, -0.05) is 24.3 Å². The van der Waals surface area contributed by atoms with Gasteiger partial charge in [0, 0.05) is 10.9 Å². The van der Waals surface area contributed by atoms with E-state index < -0.39 is 0 Å². The molecule has 2 aliphatic rings. The molecule has 2 aromatic carbocycles. The number of hydrogen-bond donors (Lipinski definition) is 1. The Bertz CT molecular complexity index is 869. The lowest BCUT2D eigenvalue weighted by atomic mass is 9.98. The molecule has 0 saturated carbocycles. The van der Waals surface area contributed by atoms with Crippen molar-refractivity contribution in [3.8, 4) is 17.0 Å². The highest BCUT2D eigenvalue weighted by molar-refractivity contribution is 6.16. The first-order valence-corrected chi connectivity index (χ1v) is 5.36. The molecule has 0 radical (unpaired) electrons. The Morgan fingerprint density at radius 3 is 2.53 bits per heavy atom. The SMILES string of the molecule is O=c1ccc2ccc3ccc(O)c4nc1-c2c34. The summed E-state index contributed by atoms with van der Waals surface area (Å²) >= 11 is 0. The maximum absolute atomic E-state index is 11.8. The van der Waals surface area contributed by atoms with E-state index in [1.807, 2.05) is 18.2 Å². The van der Waals surface area contributed by atoms with Gasteiger partial charge in [0.15, 0.2) is 0 Å². The van der Waals surface area contributed by atoms with Crippen LogP contribution in [0.2, 0.25) is 0 Å². The summed E-state index contributed by atoms with van der Waals surface area (Å²) in [7, 11) is 0. The number of aromatic hydroxyl groups is 1. The summed E-state index contributed by atoms with van der Waals surface area (Å²) in [5, 5.41) is 12.7. The van der Waals surface area contributed by atoms with E-state index in [-0.39, 0.29) is 11.2 Å². The van der Waals surface area contributed by atoms with Crippen LogP contribution in [0.5, 0.6) is 5.75 Å². The standard InChI is InChI=1S/C14H7NO2/c16-9-5-3-7-1-2-8-4-6-10(17)14-12(8)11(7)13(9)15-14/h1-6,16H. The molecule has 1 aliphatic heterocycles. The van der Waals surface area contributed by atoms with Crippen LogP contribution in [-0.2, 0) is 0 Å². The first-order chi connectivity index (χ1) is 8.25. The van der Waals surface area contributed by atoms with Gasteiger partial charge in [-0.25, -0.2) is 4.98 Å². The number of nitrogens with zero attached hydrogens (tertiary/aromatic N) is 1. The van der Waals surface area contributed by atoms with Crippen molar-refractivity contribution in [2.24, 2.45) is 0 Å². The minimum atomic E-state index is -0.0967. The maximum Gasteiger partial charge on any atom is 0.204 e. The van der Waals surface area contributed by atoms with Crippen molar-refractivity contribution in [2.45, 2.75) is 0 Å². The summed E-state index contributed by atoms with van der Waals surface area (Å²) in [5.41, 5.74) is 1.73. The van der Waals surface area contributed by atoms with Gasteiger partial charge >= 0.3 is 0 Å². The number of hydrogen-bond acceptors (Lipinski definition) is 3. The van der Waals surface area contributed by atoms with Crippen LogP contribution < -0.4 is 5.43 Å². The lowest BCUT2D eigenvalue weighted by Gasteiger charge is -2.04. The highest BCUT2D eigenvalue weighted by atomic mass is 16.3. The first-order valence-electron chi connectivity index (χ1n) is 5.36. The molecule has 0 fully saturated rings. The molecule has 1 N–H and O–H groups in total. The van der Waals surface area contributed by atoms with Gasteiger partial charge in [-0.05, 0) is 22.9 Å². The Balaban J connectivity index is 2.48. The molecule has 0 aromatic heterocycles. The van der Waals surface area contributed by atoms with Crippen molar-refractivity contribution < 1.29 is 5.11 Å². The highest BCUT2D eigenvalue weighted by Gasteiger charge is 2.21. The predicted octanol–water partition coefficient (Wildman–Crippen LogP) is 2.43. The Hall–Kier alpha value is -2.42. The normalized spacial score (nSPS) is 12.0. The molecule has 1 heterocycles. The number of aromatic nitrogens is 1. The molecule has 3 nitrogen and oxygen atoms in total. The van der Waals surface area contributed by atoms with Crippen molar-refractivity contribution in [3.05, 3.63) is 46.6 Å². The van der Waals surface area contributed by atoms with Crippen molar-refractivity contribution in [2.75, 3.05) is 0 Å². The van der Waals surface area contributed by atoms with Gasteiger partial charge in [-0.2, -0.15) is 0 Å². The van der Waals surface area contributed by atoms with Crippen LogP contribution in [0.15, 0.2) is 41.2 Å². The zero-order chi connectivity index (χ0) is 11.6. The highest BCUT2D eigenvalue weighted by Crippen LogP contribution is 2.40. The summed E-state index contributed by atoms with van der Waals surface area (Å²) in [5.74, 6) is 0.126. The zero-order valence-corrected chi connectivity index (χ0v) is 8.77. The molecule has 0 saturated heterocycles. The quantitative estimate of drug-likeness (QED) is 0.464. The number of benzene rings is 3. The van der Waals surface area contributed by atoms with E-state index >= 15 is 0 Å². The van der Waals surface area contributed by atoms with E-state index in [0.717, 1.165) is 21.7 Å². The van der Waals surface area contributed by atoms with Crippen LogP contribution in [-0.4, -0.2) is 10.1 Å². The van der Waals surface area contributed by atoms with E-state index in [0.29, 0.717) is 11.2 Å². The smallest absolute Gasteiger partial charge is 0.204 e. The average Bonchev–Trinajstić information content (AvgIpc) is 2.75. The van der Waals surface area contributed by atoms with Gasteiger partial charge < -0.3 is 5.11 Å². The fraction of sp³-hybridized carbons (Fsp3) is 0. The second-order valence-electron chi connectivity index (χ2n) is 4.22. The van der Waals surface area contributed by atoms with Crippen LogP contribution in [0.3, 0.4) is 0 Å². The van der Waals surface area contributed by atoms with Crippen LogP contribution in [0.1, 0.15) is 0 Å². The van der Waals surface area contributed by atoms with Gasteiger partial charge in [-0.15, -0.1) is 0 Å². The van der Waals surface area contributed by atoms with Crippen molar-refractivity contribution >= 4 is 21.7 Å². The predicted molar refractivity (Wildman–Crippen MR) is 66.2 cm³/mol. The van der Waals surface area contributed by atoms with Crippen LogP contribution in [0.4, 0.5) is 0 Å². The van der Waals surface area contributed by atoms with E-state index in [1.54, 1.807) is 12.1 Å². The van der Waals surface area contributed by atoms with Gasteiger partial charge in [0.25, 0.3) is 0 Å². The molecule has 1 aliphatic carbocycles. The van der Waals surface area contributed by atoms with Crippen LogP contribution in [0, 0.1) is 0 Å². The lowest BCUT2D eigenvalue weighted by Crippen LogP contribution is -2.02. The average molecular weight is 221 g/mol. The van der Waals surface area contributed by atoms with Crippen molar-refractivity contribution in [1.29, 1.82) is 0 Å². The molecule has 80 valence electrons. The van der Waals surface area contributed by atoms with E-state index in [4.69, 9.17) is 0 Å². The summed E-state index contributed by atoms with van der Waals surface area (Å²) < 4.78 is 0. The first kappa shape index (κ1) is 8.70. The fourth-order valence-electron chi connectivity index (χ4n) is 2.50. The molecular weight excluding hydrogens is 214 g/mol. The number of phenols is 1. The van der Waals surface area contributed by atoms with Crippen molar-refractivity contribution in [3.63, 3.8) is 0 Å². The molecule has 3 heteroatoms. The van der Waals surface area contributed by atoms with Crippen molar-refractivity contribution in [1.82, 2.24) is 4.98 Å². The van der Waals surface area contributed by atoms with Crippen LogP contribution >= 0.6 is 0 Å². The molecule has 0 amide bonds. The molecule has 2 aromatic rings. The molecule has 0 spiro atoms. The third kappa shape index (κ3) is 0.916. The van der Waals surface area contributed by atoms with Gasteiger partial charge in [0.1, 0.15) is 17.0 Å². The second-order valence-corrected chi connectivity index (χ2v) is 4.22. The van der Waals surface area contributed by atoms with E-state index in [2.05, 4.69) is 4.98 Å². The number of rotatable bonds is 0. The Morgan fingerprint density at radius 2 is 1.65 bits per heavy atom. The lowest BCUT2D eigenvalue weighted by molar-refractivity contribution is 0.480. The second kappa shape index (κ2) is 2.63. The summed E-state index contributed by atoms with van der Waals surface area (Å²) in [6.45, 7) is 0. The summed E-state index contributed by atoms with van der Waals surface area (Å²) in [4.78, 5) is 16.1. The number of phenolic OH excluding ortho intramolecular Hbond substituents is 1. The third-order valence-corrected chi connectivity index (χ3v) is 3.28. The molecule has 4 rings (SSSR count). The van der Waals surface area contributed by atoms with Gasteiger partial charge in [0.2, 0.25) is 5.43 Å². The fourth-order valence-corrected chi connectivity index (χ4v) is 2.50. The maximum atomic E-state index is 11.8. The zero-order valence-electron chi connectivity index (χ0n) is 8.77. The molecule has 0 bridgehead atoms. The Labute approximate surface area is 96.0 Å².